The minimum absolute atomic E-state index is 0.0666. The molecule has 2 N–H and O–H groups in total. The Morgan fingerprint density at radius 1 is 1.04 bits per heavy atom. The number of amides is 2. The molecule has 0 unspecified atom stereocenters. The van der Waals surface area contributed by atoms with Crippen LogP contribution in [-0.2, 0) is 16.0 Å². The van der Waals surface area contributed by atoms with Crippen LogP contribution in [0.4, 0.5) is 0 Å². The van der Waals surface area contributed by atoms with Crippen LogP contribution in [0.15, 0.2) is 30.3 Å². The fourth-order valence-electron chi connectivity index (χ4n) is 4.30. The SMILES string of the molecule is C[C@@H](C(=O)N1CCC(C(N)=O)CC1)N1CCC(Cc2ccccc2)CC1. The van der Waals surface area contributed by atoms with Crippen LogP contribution in [0, 0.1) is 11.8 Å². The van der Waals surface area contributed by atoms with Crippen molar-refractivity contribution >= 4 is 11.8 Å². The molecule has 1 atom stereocenters. The van der Waals surface area contributed by atoms with Gasteiger partial charge in [-0.1, -0.05) is 30.3 Å². The molecule has 2 aliphatic heterocycles. The molecule has 1 aromatic carbocycles. The number of hydrogen-bond acceptors (Lipinski definition) is 3. The molecule has 2 heterocycles. The highest BCUT2D eigenvalue weighted by atomic mass is 16.2. The Kier molecular flexibility index (Phi) is 6.30. The molecule has 0 radical (unpaired) electrons. The average molecular weight is 357 g/mol. The number of nitrogens with zero attached hydrogens (tertiary/aromatic N) is 2. The molecule has 142 valence electrons. The maximum atomic E-state index is 12.8. The molecule has 2 aliphatic rings. The largest absolute Gasteiger partial charge is 0.369 e. The summed E-state index contributed by atoms with van der Waals surface area (Å²) in [6.45, 7) is 5.31. The smallest absolute Gasteiger partial charge is 0.239 e. The van der Waals surface area contributed by atoms with E-state index in [0.717, 1.165) is 32.4 Å². The van der Waals surface area contributed by atoms with Crippen LogP contribution in [0.3, 0.4) is 0 Å². The Morgan fingerprint density at radius 3 is 2.23 bits per heavy atom. The number of hydrogen-bond donors (Lipinski definition) is 1. The number of benzene rings is 1. The predicted molar refractivity (Wildman–Crippen MR) is 102 cm³/mol. The molecule has 2 saturated heterocycles. The van der Waals surface area contributed by atoms with E-state index in [4.69, 9.17) is 5.73 Å². The van der Waals surface area contributed by atoms with Gasteiger partial charge in [0.15, 0.2) is 0 Å². The monoisotopic (exact) mass is 357 g/mol. The molecule has 0 spiro atoms. The molecule has 5 nitrogen and oxygen atoms in total. The van der Waals surface area contributed by atoms with Crippen LogP contribution in [0.25, 0.3) is 0 Å². The predicted octanol–water partition coefficient (Wildman–Crippen LogP) is 2.05. The van der Waals surface area contributed by atoms with E-state index in [0.29, 0.717) is 31.8 Å². The standard InChI is InChI=1S/C21H31N3O2/c1-16(21(26)24-13-9-19(10-14-24)20(22)25)23-11-7-18(8-12-23)15-17-5-3-2-4-6-17/h2-6,16,18-19H,7-15H2,1H3,(H2,22,25)/t16-/m0/s1. The third-order valence-electron chi connectivity index (χ3n) is 6.13. The van der Waals surface area contributed by atoms with E-state index in [2.05, 4.69) is 35.2 Å². The number of primary amides is 1. The molecule has 1 aromatic rings. The topological polar surface area (TPSA) is 66.6 Å². The second-order valence-corrected chi connectivity index (χ2v) is 7.85. The van der Waals surface area contributed by atoms with Crippen LogP contribution < -0.4 is 5.73 Å². The van der Waals surface area contributed by atoms with Gasteiger partial charge in [0, 0.05) is 19.0 Å². The van der Waals surface area contributed by atoms with Crippen LogP contribution >= 0.6 is 0 Å². The Bertz CT molecular complexity index is 603. The van der Waals surface area contributed by atoms with Crippen molar-refractivity contribution < 1.29 is 9.59 Å². The highest BCUT2D eigenvalue weighted by Gasteiger charge is 2.32. The molecule has 2 amide bonds. The average Bonchev–Trinajstić information content (AvgIpc) is 2.68. The zero-order valence-electron chi connectivity index (χ0n) is 15.8. The van der Waals surface area contributed by atoms with E-state index in [-0.39, 0.29) is 23.8 Å². The molecule has 3 rings (SSSR count). The second kappa shape index (κ2) is 8.67. The lowest BCUT2D eigenvalue weighted by molar-refractivity contribution is -0.140. The van der Waals surface area contributed by atoms with Crippen molar-refractivity contribution in [1.29, 1.82) is 0 Å². The van der Waals surface area contributed by atoms with Gasteiger partial charge in [0.1, 0.15) is 0 Å². The lowest BCUT2D eigenvalue weighted by atomic mass is 9.89. The third-order valence-corrected chi connectivity index (χ3v) is 6.13. The van der Waals surface area contributed by atoms with Gasteiger partial charge in [-0.3, -0.25) is 14.5 Å². The Morgan fingerprint density at radius 2 is 1.65 bits per heavy atom. The minimum atomic E-state index is -0.231. The molecule has 2 fully saturated rings. The van der Waals surface area contributed by atoms with Gasteiger partial charge in [-0.15, -0.1) is 0 Å². The van der Waals surface area contributed by atoms with Crippen LogP contribution in [0.1, 0.15) is 38.2 Å². The summed E-state index contributed by atoms with van der Waals surface area (Å²) in [5, 5.41) is 0. The molecule has 0 saturated carbocycles. The summed E-state index contributed by atoms with van der Waals surface area (Å²) < 4.78 is 0. The molecule has 0 aromatic heterocycles. The van der Waals surface area contributed by atoms with E-state index in [9.17, 15) is 9.59 Å². The van der Waals surface area contributed by atoms with Crippen molar-refractivity contribution in [2.24, 2.45) is 17.6 Å². The highest BCUT2D eigenvalue weighted by molar-refractivity contribution is 5.82. The van der Waals surface area contributed by atoms with Gasteiger partial charge in [0.05, 0.1) is 6.04 Å². The third kappa shape index (κ3) is 4.64. The van der Waals surface area contributed by atoms with Gasteiger partial charge in [-0.25, -0.2) is 0 Å². The number of carbonyl (C=O) groups is 2. The summed E-state index contributed by atoms with van der Waals surface area (Å²) in [7, 11) is 0. The quantitative estimate of drug-likeness (QED) is 0.877. The Hall–Kier alpha value is -1.88. The fourth-order valence-corrected chi connectivity index (χ4v) is 4.30. The van der Waals surface area contributed by atoms with Crippen molar-refractivity contribution in [3.63, 3.8) is 0 Å². The van der Waals surface area contributed by atoms with Gasteiger partial charge in [-0.2, -0.15) is 0 Å². The van der Waals surface area contributed by atoms with Gasteiger partial charge in [-0.05, 0) is 63.6 Å². The van der Waals surface area contributed by atoms with E-state index >= 15 is 0 Å². The Labute approximate surface area is 156 Å². The summed E-state index contributed by atoms with van der Waals surface area (Å²) in [6, 6.07) is 10.6. The lowest BCUT2D eigenvalue weighted by Crippen LogP contribution is -2.52. The van der Waals surface area contributed by atoms with E-state index in [1.165, 1.54) is 5.56 Å². The normalized spacial score (nSPS) is 21.5. The molecular weight excluding hydrogens is 326 g/mol. The van der Waals surface area contributed by atoms with Gasteiger partial charge >= 0.3 is 0 Å². The number of likely N-dealkylation sites (tertiary alicyclic amines) is 2. The zero-order valence-corrected chi connectivity index (χ0v) is 15.8. The van der Waals surface area contributed by atoms with E-state index in [1.807, 2.05) is 11.8 Å². The summed E-state index contributed by atoms with van der Waals surface area (Å²) in [6.07, 6.45) is 4.84. The first kappa shape index (κ1) is 18.9. The number of rotatable bonds is 5. The highest BCUT2D eigenvalue weighted by Crippen LogP contribution is 2.24. The first-order valence-corrected chi connectivity index (χ1v) is 9.90. The summed E-state index contributed by atoms with van der Waals surface area (Å²) >= 11 is 0. The van der Waals surface area contributed by atoms with Crippen LogP contribution in [0.2, 0.25) is 0 Å². The fraction of sp³-hybridized carbons (Fsp3) is 0.619. The number of piperidine rings is 2. The van der Waals surface area contributed by atoms with Crippen LogP contribution in [-0.4, -0.2) is 53.8 Å². The van der Waals surface area contributed by atoms with Crippen LogP contribution in [0.5, 0.6) is 0 Å². The minimum Gasteiger partial charge on any atom is -0.369 e. The number of carbonyl (C=O) groups excluding carboxylic acids is 2. The maximum Gasteiger partial charge on any atom is 0.239 e. The van der Waals surface area contributed by atoms with Crippen molar-refractivity contribution in [3.05, 3.63) is 35.9 Å². The van der Waals surface area contributed by atoms with Crippen molar-refractivity contribution in [2.75, 3.05) is 26.2 Å². The molecule has 0 bridgehead atoms. The first-order chi connectivity index (χ1) is 12.5. The van der Waals surface area contributed by atoms with Crippen molar-refractivity contribution in [3.8, 4) is 0 Å². The number of nitrogens with two attached hydrogens (primary N) is 1. The first-order valence-electron chi connectivity index (χ1n) is 9.90. The second-order valence-electron chi connectivity index (χ2n) is 7.85. The van der Waals surface area contributed by atoms with Crippen molar-refractivity contribution in [1.82, 2.24) is 9.80 Å². The zero-order chi connectivity index (χ0) is 18.5. The lowest BCUT2D eigenvalue weighted by Gasteiger charge is -2.39. The van der Waals surface area contributed by atoms with Gasteiger partial charge < -0.3 is 10.6 Å². The summed E-state index contributed by atoms with van der Waals surface area (Å²) in [5.74, 6) is 0.616. The maximum absolute atomic E-state index is 12.8. The molecule has 0 aliphatic carbocycles. The summed E-state index contributed by atoms with van der Waals surface area (Å²) in [5.41, 5.74) is 6.79. The Balaban J connectivity index is 1.45. The molecular formula is C21H31N3O2. The van der Waals surface area contributed by atoms with Gasteiger partial charge in [0.2, 0.25) is 11.8 Å². The molecule has 26 heavy (non-hydrogen) atoms. The summed E-state index contributed by atoms with van der Waals surface area (Å²) in [4.78, 5) is 28.3. The van der Waals surface area contributed by atoms with E-state index < -0.39 is 0 Å². The van der Waals surface area contributed by atoms with Crippen molar-refractivity contribution in [2.45, 2.75) is 45.1 Å². The van der Waals surface area contributed by atoms with Gasteiger partial charge in [0.25, 0.3) is 0 Å². The van der Waals surface area contributed by atoms with E-state index in [1.54, 1.807) is 0 Å². The molecule has 5 heteroatoms.